The van der Waals surface area contributed by atoms with Crippen LogP contribution in [0.4, 0.5) is 4.79 Å². The third-order valence-corrected chi connectivity index (χ3v) is 5.70. The molecule has 2 aliphatic rings. The first-order valence-electron chi connectivity index (χ1n) is 6.24. The fraction of sp³-hybridized carbons (Fsp3) is 0.750. The van der Waals surface area contributed by atoms with E-state index >= 15 is 0 Å². The minimum Gasteiger partial charge on any atom is -0.444 e. The maximum absolute atomic E-state index is 12.6. The second-order valence-electron chi connectivity index (χ2n) is 5.83. The Balaban J connectivity index is 2.04. The number of fused-ring (bicyclic) bond motifs is 1. The SMILES string of the molecule is C=CCOP1(=O)OC[C@H]2C[C@]21NC(=O)OC(C)(C)C. The summed E-state index contributed by atoms with van der Waals surface area (Å²) in [5.74, 6) is 0.0377. The summed E-state index contributed by atoms with van der Waals surface area (Å²) in [6.45, 7) is 9.29. The summed E-state index contributed by atoms with van der Waals surface area (Å²) in [7, 11) is -3.34. The number of hydrogen-bond acceptors (Lipinski definition) is 5. The number of rotatable bonds is 4. The molecular formula is C12H20NO5P. The summed E-state index contributed by atoms with van der Waals surface area (Å²) < 4.78 is 28.3. The molecule has 0 aromatic rings. The van der Waals surface area contributed by atoms with Crippen molar-refractivity contribution in [1.82, 2.24) is 5.32 Å². The van der Waals surface area contributed by atoms with Crippen molar-refractivity contribution in [2.45, 2.75) is 38.1 Å². The third-order valence-electron chi connectivity index (χ3n) is 3.09. The highest BCUT2D eigenvalue weighted by Crippen LogP contribution is 2.77. The Morgan fingerprint density at radius 2 is 2.32 bits per heavy atom. The molecule has 1 aliphatic carbocycles. The fourth-order valence-corrected chi connectivity index (χ4v) is 4.56. The molecule has 1 N–H and O–H groups in total. The molecule has 1 aliphatic heterocycles. The molecule has 0 aromatic heterocycles. The van der Waals surface area contributed by atoms with Crippen molar-refractivity contribution in [3.63, 3.8) is 0 Å². The van der Waals surface area contributed by atoms with Crippen molar-refractivity contribution >= 4 is 13.7 Å². The van der Waals surface area contributed by atoms with Gasteiger partial charge in [0.15, 0.2) is 5.28 Å². The van der Waals surface area contributed by atoms with E-state index in [2.05, 4.69) is 11.9 Å². The molecule has 2 fully saturated rings. The summed E-state index contributed by atoms with van der Waals surface area (Å²) in [4.78, 5) is 11.8. The second kappa shape index (κ2) is 4.62. The van der Waals surface area contributed by atoms with E-state index in [1.807, 2.05) is 0 Å². The normalized spacial score (nSPS) is 36.5. The van der Waals surface area contributed by atoms with Gasteiger partial charge in [0, 0.05) is 5.92 Å². The van der Waals surface area contributed by atoms with Gasteiger partial charge in [-0.15, -0.1) is 6.58 Å². The Labute approximate surface area is 113 Å². The minimum absolute atomic E-state index is 0.0377. The van der Waals surface area contributed by atoms with E-state index in [1.165, 1.54) is 6.08 Å². The Morgan fingerprint density at radius 3 is 2.84 bits per heavy atom. The van der Waals surface area contributed by atoms with Gasteiger partial charge >= 0.3 is 13.7 Å². The first-order chi connectivity index (χ1) is 8.72. The first-order valence-corrected chi connectivity index (χ1v) is 7.78. The minimum atomic E-state index is -3.34. The molecule has 0 aromatic carbocycles. The van der Waals surface area contributed by atoms with Crippen molar-refractivity contribution < 1.29 is 23.1 Å². The first kappa shape index (κ1) is 14.6. The molecule has 0 bridgehead atoms. The molecule has 19 heavy (non-hydrogen) atoms. The van der Waals surface area contributed by atoms with Gasteiger partial charge < -0.3 is 19.1 Å². The predicted molar refractivity (Wildman–Crippen MR) is 69.9 cm³/mol. The lowest BCUT2D eigenvalue weighted by Crippen LogP contribution is -2.41. The van der Waals surface area contributed by atoms with Gasteiger partial charge in [0.05, 0.1) is 13.2 Å². The highest BCUT2D eigenvalue weighted by Gasteiger charge is 2.74. The number of nitrogens with one attached hydrogen (secondary N) is 1. The summed E-state index contributed by atoms with van der Waals surface area (Å²) in [6, 6.07) is 0. The largest absolute Gasteiger partial charge is 0.444 e. The van der Waals surface area contributed by atoms with E-state index in [9.17, 15) is 9.36 Å². The molecule has 1 saturated heterocycles. The average molecular weight is 289 g/mol. The zero-order valence-corrected chi connectivity index (χ0v) is 12.4. The molecule has 108 valence electrons. The van der Waals surface area contributed by atoms with Crippen LogP contribution in [0.1, 0.15) is 27.2 Å². The summed E-state index contributed by atoms with van der Waals surface area (Å²) >= 11 is 0. The van der Waals surface area contributed by atoms with E-state index in [0.29, 0.717) is 13.0 Å². The Hall–Kier alpha value is -0.840. The summed E-state index contributed by atoms with van der Waals surface area (Å²) in [5.41, 5.74) is -0.601. The van der Waals surface area contributed by atoms with Crippen molar-refractivity contribution in [1.29, 1.82) is 0 Å². The van der Waals surface area contributed by atoms with Gasteiger partial charge in [0.2, 0.25) is 0 Å². The van der Waals surface area contributed by atoms with E-state index in [0.717, 1.165) is 0 Å². The maximum atomic E-state index is 12.6. The van der Waals surface area contributed by atoms with Crippen LogP contribution in [0.5, 0.6) is 0 Å². The standard InChI is InChI=1S/C12H20NO5P/c1-5-6-16-19(15)12(7-9(12)8-17-19)13-10(14)18-11(2,3)4/h5,9H,1,6-8H2,2-4H3,(H,13,14)/t9-,12-,19?/m1/s1. The molecule has 1 saturated carbocycles. The van der Waals surface area contributed by atoms with Gasteiger partial charge in [-0.1, -0.05) is 6.08 Å². The number of alkyl carbamates (subject to hydrolysis) is 1. The summed E-state index contributed by atoms with van der Waals surface area (Å²) in [6.07, 6.45) is 1.50. The lowest BCUT2D eigenvalue weighted by atomic mass is 10.2. The van der Waals surface area contributed by atoms with Crippen molar-refractivity contribution in [2.75, 3.05) is 13.2 Å². The predicted octanol–water partition coefficient (Wildman–Crippen LogP) is 2.65. The van der Waals surface area contributed by atoms with Crippen LogP contribution < -0.4 is 5.32 Å². The van der Waals surface area contributed by atoms with Gasteiger partial charge in [-0.05, 0) is 27.2 Å². The smallest absolute Gasteiger partial charge is 0.408 e. The third kappa shape index (κ3) is 2.71. The molecule has 1 heterocycles. The molecule has 0 spiro atoms. The van der Waals surface area contributed by atoms with E-state index in [4.69, 9.17) is 13.8 Å². The number of hydrogen-bond donors (Lipinski definition) is 1. The molecule has 6 nitrogen and oxygen atoms in total. The highest BCUT2D eigenvalue weighted by atomic mass is 31.2. The van der Waals surface area contributed by atoms with Crippen LogP contribution in [-0.4, -0.2) is 30.2 Å². The Morgan fingerprint density at radius 1 is 1.63 bits per heavy atom. The lowest BCUT2D eigenvalue weighted by Gasteiger charge is -2.25. The van der Waals surface area contributed by atoms with Gasteiger partial charge in [-0.2, -0.15) is 0 Å². The molecule has 2 rings (SSSR count). The van der Waals surface area contributed by atoms with Gasteiger partial charge in [-0.3, -0.25) is 4.57 Å². The van der Waals surface area contributed by atoms with Crippen LogP contribution in [-0.2, 0) is 18.3 Å². The fourth-order valence-electron chi connectivity index (χ4n) is 2.16. The number of amides is 1. The molecule has 1 amide bonds. The van der Waals surface area contributed by atoms with Crippen molar-refractivity contribution in [3.8, 4) is 0 Å². The van der Waals surface area contributed by atoms with Crippen LogP contribution in [0.3, 0.4) is 0 Å². The molecular weight excluding hydrogens is 269 g/mol. The highest BCUT2D eigenvalue weighted by molar-refractivity contribution is 7.56. The summed E-state index contributed by atoms with van der Waals surface area (Å²) in [5, 5.41) is 1.77. The maximum Gasteiger partial charge on any atom is 0.408 e. The second-order valence-corrected chi connectivity index (χ2v) is 8.14. The monoisotopic (exact) mass is 289 g/mol. The topological polar surface area (TPSA) is 73.9 Å². The van der Waals surface area contributed by atoms with E-state index < -0.39 is 24.6 Å². The molecule has 7 heteroatoms. The van der Waals surface area contributed by atoms with Crippen molar-refractivity contribution in [2.24, 2.45) is 5.92 Å². The van der Waals surface area contributed by atoms with Gasteiger partial charge in [-0.25, -0.2) is 4.79 Å². The zero-order chi connectivity index (χ0) is 14.3. The van der Waals surface area contributed by atoms with Crippen LogP contribution in [0.2, 0.25) is 0 Å². The average Bonchev–Trinajstić information content (AvgIpc) is 2.89. The molecule has 3 atom stereocenters. The molecule has 0 radical (unpaired) electrons. The lowest BCUT2D eigenvalue weighted by molar-refractivity contribution is 0.0508. The number of ether oxygens (including phenoxy) is 1. The Kier molecular flexibility index (Phi) is 3.54. The number of carbonyl (C=O) groups is 1. The zero-order valence-electron chi connectivity index (χ0n) is 11.5. The van der Waals surface area contributed by atoms with Crippen LogP contribution in [0, 0.1) is 5.92 Å². The van der Waals surface area contributed by atoms with E-state index in [-0.39, 0.29) is 12.5 Å². The van der Waals surface area contributed by atoms with E-state index in [1.54, 1.807) is 20.8 Å². The number of carbonyl (C=O) groups excluding carboxylic acids is 1. The van der Waals surface area contributed by atoms with Crippen LogP contribution in [0.15, 0.2) is 12.7 Å². The van der Waals surface area contributed by atoms with Crippen LogP contribution in [0.25, 0.3) is 0 Å². The quantitative estimate of drug-likeness (QED) is 0.636. The van der Waals surface area contributed by atoms with Crippen molar-refractivity contribution in [3.05, 3.63) is 12.7 Å². The van der Waals surface area contributed by atoms with Gasteiger partial charge in [0.1, 0.15) is 5.60 Å². The molecule has 1 unspecified atom stereocenters. The van der Waals surface area contributed by atoms with Gasteiger partial charge in [0.25, 0.3) is 0 Å². The van der Waals surface area contributed by atoms with Crippen LogP contribution >= 0.6 is 7.60 Å². The Bertz CT molecular complexity index is 444.